The van der Waals surface area contributed by atoms with Crippen LogP contribution in [0.15, 0.2) is 46.4 Å². The molecule has 2 aromatic carbocycles. The fraction of sp³-hybridized carbons (Fsp3) is 0.235. The van der Waals surface area contributed by atoms with Crippen LogP contribution >= 0.6 is 0 Å². The maximum atomic E-state index is 13.7. The third kappa shape index (κ3) is 4.55. The fourth-order valence-corrected chi connectivity index (χ4v) is 4.23. The Balaban J connectivity index is 1.96. The van der Waals surface area contributed by atoms with Crippen LogP contribution < -0.4 is 5.43 Å². The van der Waals surface area contributed by atoms with Crippen molar-refractivity contribution < 1.29 is 26.9 Å². The number of sulfonamides is 1. The molecule has 1 aliphatic rings. The van der Waals surface area contributed by atoms with Gasteiger partial charge in [-0.1, -0.05) is 6.07 Å². The first-order valence-electron chi connectivity index (χ1n) is 8.40. The van der Waals surface area contributed by atoms with Gasteiger partial charge in [-0.25, -0.2) is 17.2 Å². The standard InChI is InChI=1S/C17H16F2N4O5S/c18-14-2-1-3-15(19)13(14)11-20-21-16-5-4-12(23(24)25)10-17(16)29(26,27)22-6-8-28-9-7-22/h1-5,10-11,21H,6-9H2/b20-11+. The summed E-state index contributed by atoms with van der Waals surface area (Å²) < 4.78 is 59.6. The van der Waals surface area contributed by atoms with Crippen molar-refractivity contribution in [2.24, 2.45) is 5.10 Å². The number of hydrogen-bond acceptors (Lipinski definition) is 7. The Morgan fingerprint density at radius 1 is 1.17 bits per heavy atom. The van der Waals surface area contributed by atoms with Crippen molar-refractivity contribution in [1.82, 2.24) is 4.31 Å². The summed E-state index contributed by atoms with van der Waals surface area (Å²) in [5, 5.41) is 14.8. The molecule has 1 heterocycles. The monoisotopic (exact) mass is 426 g/mol. The fourth-order valence-electron chi connectivity index (χ4n) is 2.66. The Hall–Kier alpha value is -2.96. The lowest BCUT2D eigenvalue weighted by molar-refractivity contribution is -0.385. The first kappa shape index (κ1) is 20.8. The molecule has 0 radical (unpaired) electrons. The number of anilines is 1. The highest BCUT2D eigenvalue weighted by atomic mass is 32.2. The highest BCUT2D eigenvalue weighted by Gasteiger charge is 2.30. The van der Waals surface area contributed by atoms with Gasteiger partial charge in [-0.15, -0.1) is 0 Å². The molecule has 0 spiro atoms. The number of hydrazone groups is 1. The predicted octanol–water partition coefficient (Wildman–Crippen LogP) is 2.34. The van der Waals surface area contributed by atoms with Crippen molar-refractivity contribution in [2.45, 2.75) is 4.90 Å². The molecule has 1 aliphatic heterocycles. The van der Waals surface area contributed by atoms with Crippen molar-refractivity contribution in [3.63, 3.8) is 0 Å². The molecule has 0 bridgehead atoms. The van der Waals surface area contributed by atoms with E-state index in [1.54, 1.807) is 0 Å². The lowest BCUT2D eigenvalue weighted by Gasteiger charge is -2.26. The molecule has 2 aromatic rings. The van der Waals surface area contributed by atoms with Crippen LogP contribution in [0.25, 0.3) is 0 Å². The molecular weight excluding hydrogens is 410 g/mol. The Morgan fingerprint density at radius 2 is 1.83 bits per heavy atom. The van der Waals surface area contributed by atoms with Crippen LogP contribution in [-0.4, -0.2) is 50.2 Å². The molecule has 3 rings (SSSR count). The van der Waals surface area contributed by atoms with Gasteiger partial charge in [0.1, 0.15) is 16.5 Å². The van der Waals surface area contributed by atoms with Gasteiger partial charge >= 0.3 is 0 Å². The molecule has 154 valence electrons. The smallest absolute Gasteiger partial charge is 0.270 e. The largest absolute Gasteiger partial charge is 0.379 e. The van der Waals surface area contributed by atoms with Gasteiger partial charge in [0.05, 0.1) is 35.6 Å². The number of nitrogens with one attached hydrogen (secondary N) is 1. The second kappa shape index (κ2) is 8.59. The molecule has 0 amide bonds. The van der Waals surface area contributed by atoms with Gasteiger partial charge in [-0.2, -0.15) is 9.41 Å². The highest BCUT2D eigenvalue weighted by Crippen LogP contribution is 2.29. The summed E-state index contributed by atoms with van der Waals surface area (Å²) in [5.41, 5.74) is 1.49. The van der Waals surface area contributed by atoms with Crippen LogP contribution in [0.3, 0.4) is 0 Å². The average Bonchev–Trinajstić information content (AvgIpc) is 2.70. The summed E-state index contributed by atoms with van der Waals surface area (Å²) in [6.07, 6.45) is 0.858. The third-order valence-corrected chi connectivity index (χ3v) is 6.08. The minimum Gasteiger partial charge on any atom is -0.379 e. The summed E-state index contributed by atoms with van der Waals surface area (Å²) in [7, 11) is -4.10. The Labute approximate surface area is 164 Å². The maximum absolute atomic E-state index is 13.7. The average molecular weight is 426 g/mol. The lowest BCUT2D eigenvalue weighted by Crippen LogP contribution is -2.40. The van der Waals surface area contributed by atoms with Gasteiger partial charge in [0.25, 0.3) is 5.69 Å². The lowest BCUT2D eigenvalue weighted by atomic mass is 10.2. The van der Waals surface area contributed by atoms with Gasteiger partial charge in [0, 0.05) is 25.2 Å². The highest BCUT2D eigenvalue weighted by molar-refractivity contribution is 7.89. The number of benzene rings is 2. The molecule has 1 fully saturated rings. The van der Waals surface area contributed by atoms with Crippen LogP contribution in [-0.2, 0) is 14.8 Å². The molecule has 0 saturated carbocycles. The maximum Gasteiger partial charge on any atom is 0.270 e. The molecule has 9 nitrogen and oxygen atoms in total. The molecule has 0 atom stereocenters. The number of nitro groups is 1. The van der Waals surface area contributed by atoms with Crippen molar-refractivity contribution in [1.29, 1.82) is 0 Å². The number of rotatable bonds is 6. The van der Waals surface area contributed by atoms with E-state index in [4.69, 9.17) is 4.74 Å². The van der Waals surface area contributed by atoms with E-state index in [0.717, 1.165) is 34.8 Å². The topological polar surface area (TPSA) is 114 Å². The molecule has 1 saturated heterocycles. The Kier molecular flexibility index (Phi) is 6.15. The van der Waals surface area contributed by atoms with Gasteiger partial charge in [-0.3, -0.25) is 15.5 Å². The van der Waals surface area contributed by atoms with E-state index in [-0.39, 0.29) is 36.9 Å². The van der Waals surface area contributed by atoms with Crippen molar-refractivity contribution in [2.75, 3.05) is 31.7 Å². The Bertz CT molecular complexity index is 1040. The van der Waals surface area contributed by atoms with E-state index in [0.29, 0.717) is 0 Å². The van der Waals surface area contributed by atoms with E-state index in [1.807, 2.05) is 0 Å². The van der Waals surface area contributed by atoms with Crippen molar-refractivity contribution in [3.05, 3.63) is 63.7 Å². The first-order chi connectivity index (χ1) is 13.8. The summed E-state index contributed by atoms with van der Waals surface area (Å²) >= 11 is 0. The summed E-state index contributed by atoms with van der Waals surface area (Å²) in [6.45, 7) is 0.575. The van der Waals surface area contributed by atoms with Crippen LogP contribution in [0.4, 0.5) is 20.2 Å². The normalized spacial score (nSPS) is 15.5. The van der Waals surface area contributed by atoms with Gasteiger partial charge < -0.3 is 4.74 Å². The number of morpholine rings is 1. The molecule has 0 aliphatic carbocycles. The zero-order valence-electron chi connectivity index (χ0n) is 14.9. The molecule has 29 heavy (non-hydrogen) atoms. The molecule has 0 unspecified atom stereocenters. The quantitative estimate of drug-likeness (QED) is 0.431. The van der Waals surface area contributed by atoms with Crippen LogP contribution in [0, 0.1) is 21.7 Å². The number of halogens is 2. The van der Waals surface area contributed by atoms with Gasteiger partial charge in [0.15, 0.2) is 0 Å². The number of hydrogen-bond donors (Lipinski definition) is 1. The summed E-state index contributed by atoms with van der Waals surface area (Å²) in [6, 6.07) is 6.46. The van der Waals surface area contributed by atoms with E-state index < -0.39 is 37.8 Å². The van der Waals surface area contributed by atoms with E-state index >= 15 is 0 Å². The Morgan fingerprint density at radius 3 is 2.45 bits per heavy atom. The zero-order chi connectivity index (χ0) is 21.0. The van der Waals surface area contributed by atoms with E-state index in [2.05, 4.69) is 10.5 Å². The predicted molar refractivity (Wildman–Crippen MR) is 100 cm³/mol. The summed E-state index contributed by atoms with van der Waals surface area (Å²) in [4.78, 5) is 9.99. The van der Waals surface area contributed by atoms with Crippen LogP contribution in [0.1, 0.15) is 5.56 Å². The van der Waals surface area contributed by atoms with Crippen LogP contribution in [0.2, 0.25) is 0 Å². The molecular formula is C17H16F2N4O5S. The van der Waals surface area contributed by atoms with E-state index in [1.165, 1.54) is 12.1 Å². The van der Waals surface area contributed by atoms with Crippen molar-refractivity contribution >= 4 is 27.6 Å². The first-order valence-corrected chi connectivity index (χ1v) is 9.84. The summed E-state index contributed by atoms with van der Waals surface area (Å²) in [5.74, 6) is -1.69. The van der Waals surface area contributed by atoms with E-state index in [9.17, 15) is 27.3 Å². The third-order valence-electron chi connectivity index (χ3n) is 4.14. The second-order valence-corrected chi connectivity index (χ2v) is 7.87. The number of non-ortho nitro benzene ring substituents is 1. The number of nitro benzene ring substituents is 1. The number of ether oxygens (including phenoxy) is 1. The van der Waals surface area contributed by atoms with Crippen LogP contribution in [0.5, 0.6) is 0 Å². The molecule has 1 N–H and O–H groups in total. The molecule has 0 aromatic heterocycles. The van der Waals surface area contributed by atoms with Gasteiger partial charge in [0.2, 0.25) is 10.0 Å². The zero-order valence-corrected chi connectivity index (χ0v) is 15.7. The minimum atomic E-state index is -4.10. The molecule has 12 heteroatoms. The van der Waals surface area contributed by atoms with Gasteiger partial charge in [-0.05, 0) is 18.2 Å². The SMILES string of the molecule is O=[N+]([O-])c1ccc(N/N=C/c2c(F)cccc2F)c(S(=O)(=O)N2CCOCC2)c1. The van der Waals surface area contributed by atoms with Crippen molar-refractivity contribution in [3.8, 4) is 0 Å². The second-order valence-electron chi connectivity index (χ2n) is 5.96. The number of nitrogens with zero attached hydrogens (tertiary/aromatic N) is 3. The minimum absolute atomic E-state index is 0.0740.